The minimum atomic E-state index is 0.823. The molecule has 20 heavy (non-hydrogen) atoms. The number of anilines is 2. The molecule has 2 aliphatic carbocycles. The van der Waals surface area contributed by atoms with Gasteiger partial charge in [-0.3, -0.25) is 0 Å². The lowest BCUT2D eigenvalue weighted by atomic mass is 9.88. The monoisotopic (exact) mass is 287 g/mol. The number of rotatable bonds is 3. The Kier molecular flexibility index (Phi) is 2.88. The minimum absolute atomic E-state index is 0.823. The first-order valence-corrected chi connectivity index (χ1v) is 8.38. The Labute approximate surface area is 123 Å². The van der Waals surface area contributed by atoms with Gasteiger partial charge in [0.2, 0.25) is 0 Å². The predicted octanol–water partition coefficient (Wildman–Crippen LogP) is 3.75. The molecule has 2 bridgehead atoms. The van der Waals surface area contributed by atoms with E-state index in [1.54, 1.807) is 11.3 Å². The summed E-state index contributed by atoms with van der Waals surface area (Å²) in [4.78, 5) is 7.10. The van der Waals surface area contributed by atoms with Gasteiger partial charge in [-0.2, -0.15) is 0 Å². The number of hydrogen-bond acceptors (Lipinski definition) is 4. The summed E-state index contributed by atoms with van der Waals surface area (Å²) in [5, 5.41) is 1.13. The van der Waals surface area contributed by atoms with Crippen molar-refractivity contribution in [3.8, 4) is 0 Å². The van der Waals surface area contributed by atoms with Gasteiger partial charge in [-0.05, 0) is 55.2 Å². The van der Waals surface area contributed by atoms with Crippen LogP contribution < -0.4 is 10.6 Å². The maximum Gasteiger partial charge on any atom is 0.186 e. The van der Waals surface area contributed by atoms with Gasteiger partial charge in [-0.1, -0.05) is 17.8 Å². The molecule has 2 N–H and O–H groups in total. The fourth-order valence-corrected chi connectivity index (χ4v) is 5.11. The van der Waals surface area contributed by atoms with Crippen LogP contribution in [0.15, 0.2) is 18.2 Å². The molecule has 1 aromatic carbocycles. The van der Waals surface area contributed by atoms with E-state index < -0.39 is 0 Å². The van der Waals surface area contributed by atoms with Gasteiger partial charge in [-0.15, -0.1) is 0 Å². The summed E-state index contributed by atoms with van der Waals surface area (Å²) in [6.07, 6.45) is 5.85. The Morgan fingerprint density at radius 2 is 2.25 bits per heavy atom. The molecule has 1 heterocycles. The van der Waals surface area contributed by atoms with Crippen LogP contribution in [0.3, 0.4) is 0 Å². The third-order valence-corrected chi connectivity index (χ3v) is 6.25. The molecule has 2 saturated carbocycles. The summed E-state index contributed by atoms with van der Waals surface area (Å²) in [5.74, 6) is 2.89. The van der Waals surface area contributed by atoms with Gasteiger partial charge in [0, 0.05) is 19.3 Å². The van der Waals surface area contributed by atoms with E-state index in [0.29, 0.717) is 0 Å². The van der Waals surface area contributed by atoms with E-state index in [9.17, 15) is 0 Å². The average Bonchev–Trinajstić information content (AvgIpc) is 3.11. The average molecular weight is 287 g/mol. The van der Waals surface area contributed by atoms with Crippen molar-refractivity contribution in [3.05, 3.63) is 18.2 Å². The molecule has 3 atom stereocenters. The van der Waals surface area contributed by atoms with Crippen molar-refractivity contribution >= 4 is 32.4 Å². The normalized spacial score (nSPS) is 28.4. The van der Waals surface area contributed by atoms with E-state index in [1.165, 1.54) is 30.4 Å². The van der Waals surface area contributed by atoms with Crippen molar-refractivity contribution in [2.75, 3.05) is 24.2 Å². The van der Waals surface area contributed by atoms with Crippen molar-refractivity contribution in [3.63, 3.8) is 0 Å². The lowest BCUT2D eigenvalue weighted by Crippen LogP contribution is -2.28. The first-order valence-electron chi connectivity index (χ1n) is 7.56. The number of nitrogens with zero attached hydrogens (tertiary/aromatic N) is 2. The van der Waals surface area contributed by atoms with E-state index in [1.807, 2.05) is 18.2 Å². The zero-order valence-electron chi connectivity index (χ0n) is 11.9. The number of aromatic nitrogens is 1. The van der Waals surface area contributed by atoms with Crippen molar-refractivity contribution in [2.24, 2.45) is 17.8 Å². The fourth-order valence-electron chi connectivity index (χ4n) is 4.12. The molecule has 3 nitrogen and oxygen atoms in total. The quantitative estimate of drug-likeness (QED) is 0.874. The Morgan fingerprint density at radius 3 is 3.00 bits per heavy atom. The first kappa shape index (κ1) is 12.5. The second-order valence-electron chi connectivity index (χ2n) is 6.54. The van der Waals surface area contributed by atoms with Gasteiger partial charge in [0.1, 0.15) is 0 Å². The molecule has 0 saturated heterocycles. The van der Waals surface area contributed by atoms with E-state index in [4.69, 9.17) is 10.7 Å². The highest BCUT2D eigenvalue weighted by molar-refractivity contribution is 7.22. The van der Waals surface area contributed by atoms with E-state index in [2.05, 4.69) is 11.9 Å². The summed E-state index contributed by atoms with van der Waals surface area (Å²) in [6, 6.07) is 5.99. The number of fused-ring (bicyclic) bond motifs is 3. The molecule has 0 aliphatic heterocycles. The van der Waals surface area contributed by atoms with Crippen molar-refractivity contribution in [1.82, 2.24) is 4.98 Å². The molecule has 0 amide bonds. The first-order chi connectivity index (χ1) is 9.69. The summed E-state index contributed by atoms with van der Waals surface area (Å²) in [5.41, 5.74) is 7.74. The number of benzene rings is 1. The maximum atomic E-state index is 5.85. The van der Waals surface area contributed by atoms with Crippen LogP contribution in [0, 0.1) is 17.8 Å². The molecule has 2 aromatic rings. The second kappa shape index (κ2) is 4.62. The SMILES string of the molecule is CN(CC1CC2CCC1C2)c1nc2ccc(N)cc2s1. The highest BCUT2D eigenvalue weighted by Gasteiger charge is 2.39. The van der Waals surface area contributed by atoms with Gasteiger partial charge < -0.3 is 10.6 Å². The van der Waals surface area contributed by atoms with Crippen LogP contribution in [0.25, 0.3) is 10.2 Å². The zero-order valence-corrected chi connectivity index (χ0v) is 12.7. The van der Waals surface area contributed by atoms with Crippen molar-refractivity contribution in [2.45, 2.75) is 25.7 Å². The van der Waals surface area contributed by atoms with Gasteiger partial charge in [-0.25, -0.2) is 4.98 Å². The molecule has 0 radical (unpaired) electrons. The molecule has 4 heteroatoms. The molecule has 2 aliphatic rings. The predicted molar refractivity (Wildman–Crippen MR) is 86.2 cm³/mol. The van der Waals surface area contributed by atoms with Crippen LogP contribution in [0.4, 0.5) is 10.8 Å². The zero-order chi connectivity index (χ0) is 13.7. The number of thiazole rings is 1. The van der Waals surface area contributed by atoms with Crippen molar-refractivity contribution in [1.29, 1.82) is 0 Å². The molecule has 4 rings (SSSR count). The molecule has 3 unspecified atom stereocenters. The summed E-state index contributed by atoms with van der Waals surface area (Å²) >= 11 is 1.76. The molecule has 1 aromatic heterocycles. The van der Waals surface area contributed by atoms with E-state index >= 15 is 0 Å². The Balaban J connectivity index is 1.53. The van der Waals surface area contributed by atoms with Gasteiger partial charge >= 0.3 is 0 Å². The molecular weight excluding hydrogens is 266 g/mol. The summed E-state index contributed by atoms with van der Waals surface area (Å²) in [7, 11) is 2.19. The van der Waals surface area contributed by atoms with Crippen LogP contribution in [0.2, 0.25) is 0 Å². The summed E-state index contributed by atoms with van der Waals surface area (Å²) < 4.78 is 1.19. The van der Waals surface area contributed by atoms with E-state index in [0.717, 1.165) is 40.6 Å². The Hall–Kier alpha value is -1.29. The Morgan fingerprint density at radius 1 is 1.35 bits per heavy atom. The van der Waals surface area contributed by atoms with Gasteiger partial charge in [0.05, 0.1) is 10.2 Å². The summed E-state index contributed by atoms with van der Waals surface area (Å²) in [6.45, 7) is 1.16. The molecule has 2 fully saturated rings. The van der Waals surface area contributed by atoms with Crippen molar-refractivity contribution < 1.29 is 0 Å². The standard InChI is InChI=1S/C16H21N3S/c1-19(9-12-7-10-2-3-11(12)6-10)16-18-14-5-4-13(17)8-15(14)20-16/h4-5,8,10-12H,2-3,6-7,9,17H2,1H3. The lowest BCUT2D eigenvalue weighted by Gasteiger charge is -2.26. The van der Waals surface area contributed by atoms with Crippen LogP contribution in [-0.4, -0.2) is 18.6 Å². The maximum absolute atomic E-state index is 5.85. The largest absolute Gasteiger partial charge is 0.399 e. The molecule has 106 valence electrons. The van der Waals surface area contributed by atoms with Gasteiger partial charge in [0.15, 0.2) is 5.13 Å². The second-order valence-corrected chi connectivity index (χ2v) is 7.55. The van der Waals surface area contributed by atoms with Crippen LogP contribution >= 0.6 is 11.3 Å². The smallest absolute Gasteiger partial charge is 0.186 e. The van der Waals surface area contributed by atoms with Crippen LogP contribution in [-0.2, 0) is 0 Å². The number of nitrogens with two attached hydrogens (primary N) is 1. The van der Waals surface area contributed by atoms with E-state index in [-0.39, 0.29) is 0 Å². The number of nitrogen functional groups attached to an aromatic ring is 1. The van der Waals surface area contributed by atoms with Crippen LogP contribution in [0.5, 0.6) is 0 Å². The topological polar surface area (TPSA) is 42.2 Å². The van der Waals surface area contributed by atoms with Crippen LogP contribution in [0.1, 0.15) is 25.7 Å². The third kappa shape index (κ3) is 2.06. The lowest BCUT2D eigenvalue weighted by molar-refractivity contribution is 0.337. The fraction of sp³-hybridized carbons (Fsp3) is 0.562. The minimum Gasteiger partial charge on any atom is -0.399 e. The van der Waals surface area contributed by atoms with Gasteiger partial charge in [0.25, 0.3) is 0 Å². The number of hydrogen-bond donors (Lipinski definition) is 1. The third-order valence-electron chi connectivity index (χ3n) is 5.12. The Bertz CT molecular complexity index is 636. The molecule has 0 spiro atoms. The molecular formula is C16H21N3S. The highest BCUT2D eigenvalue weighted by atomic mass is 32.1. The highest BCUT2D eigenvalue weighted by Crippen LogP contribution is 2.48.